The van der Waals surface area contributed by atoms with Gasteiger partial charge in [0, 0.05) is 19.4 Å². The largest absolute Gasteiger partial charge is 0.396 e. The third-order valence-corrected chi connectivity index (χ3v) is 4.19. The van der Waals surface area contributed by atoms with Crippen molar-refractivity contribution in [3.63, 3.8) is 0 Å². The predicted octanol–water partition coefficient (Wildman–Crippen LogP) is 3.43. The Morgan fingerprint density at radius 3 is 2.32 bits per heavy atom. The zero-order chi connectivity index (χ0) is 14.4. The second kappa shape index (κ2) is 7.58. The molecule has 0 saturated carbocycles. The highest BCUT2D eigenvalue weighted by Gasteiger charge is 2.50. The highest BCUT2D eigenvalue weighted by Crippen LogP contribution is 2.43. The molecule has 19 heavy (non-hydrogen) atoms. The maximum absolute atomic E-state index is 9.70. The molecule has 1 saturated heterocycles. The van der Waals surface area contributed by atoms with Gasteiger partial charge in [0.05, 0.1) is 6.61 Å². The van der Waals surface area contributed by atoms with Crippen molar-refractivity contribution >= 4 is 0 Å². The summed E-state index contributed by atoms with van der Waals surface area (Å²) in [6.45, 7) is 6.43. The normalized spacial score (nSPS) is 35.5. The van der Waals surface area contributed by atoms with E-state index in [9.17, 15) is 5.11 Å². The minimum Gasteiger partial charge on any atom is -0.396 e. The summed E-state index contributed by atoms with van der Waals surface area (Å²) in [6, 6.07) is 0. The highest BCUT2D eigenvalue weighted by atomic mass is 17.2. The SMILES string of the molecule is CCCC[C@@]1(C)C[C@H](CO)[C@](CCCC)(OC)OO1. The van der Waals surface area contributed by atoms with Gasteiger partial charge in [-0.3, -0.25) is 0 Å². The first-order valence-electron chi connectivity index (χ1n) is 7.58. The molecule has 0 aromatic carbocycles. The number of rotatable bonds is 8. The van der Waals surface area contributed by atoms with Crippen LogP contribution in [-0.4, -0.2) is 30.2 Å². The molecule has 1 aliphatic heterocycles. The molecule has 0 aromatic heterocycles. The maximum Gasteiger partial charge on any atom is 0.206 e. The molecule has 0 unspecified atom stereocenters. The smallest absolute Gasteiger partial charge is 0.206 e. The first kappa shape index (κ1) is 16.9. The van der Waals surface area contributed by atoms with E-state index in [-0.39, 0.29) is 18.1 Å². The van der Waals surface area contributed by atoms with E-state index in [0.717, 1.165) is 44.9 Å². The van der Waals surface area contributed by atoms with Crippen LogP contribution < -0.4 is 0 Å². The number of aliphatic hydroxyl groups is 1. The van der Waals surface area contributed by atoms with Crippen molar-refractivity contribution in [3.05, 3.63) is 0 Å². The predicted molar refractivity (Wildman–Crippen MR) is 74.6 cm³/mol. The van der Waals surface area contributed by atoms with Crippen LogP contribution in [-0.2, 0) is 14.5 Å². The molecule has 1 rings (SSSR count). The molecule has 1 heterocycles. The summed E-state index contributed by atoms with van der Waals surface area (Å²) in [4.78, 5) is 11.3. The second-order valence-electron chi connectivity index (χ2n) is 5.92. The monoisotopic (exact) mass is 274 g/mol. The molecular formula is C15H30O4. The van der Waals surface area contributed by atoms with E-state index in [1.807, 2.05) is 0 Å². The lowest BCUT2D eigenvalue weighted by Gasteiger charge is -2.47. The van der Waals surface area contributed by atoms with Gasteiger partial charge in [0.1, 0.15) is 5.60 Å². The van der Waals surface area contributed by atoms with E-state index in [1.54, 1.807) is 7.11 Å². The number of aliphatic hydroxyl groups excluding tert-OH is 1. The van der Waals surface area contributed by atoms with Crippen LogP contribution >= 0.6 is 0 Å². The van der Waals surface area contributed by atoms with Gasteiger partial charge in [0.2, 0.25) is 5.79 Å². The van der Waals surface area contributed by atoms with Gasteiger partial charge < -0.3 is 9.84 Å². The van der Waals surface area contributed by atoms with Crippen LogP contribution in [0.25, 0.3) is 0 Å². The van der Waals surface area contributed by atoms with E-state index >= 15 is 0 Å². The molecule has 3 atom stereocenters. The summed E-state index contributed by atoms with van der Waals surface area (Å²) in [5, 5.41) is 9.70. The third-order valence-electron chi connectivity index (χ3n) is 4.19. The summed E-state index contributed by atoms with van der Waals surface area (Å²) < 4.78 is 5.57. The fourth-order valence-corrected chi connectivity index (χ4v) is 2.82. The minimum absolute atomic E-state index is 0.0281. The summed E-state index contributed by atoms with van der Waals surface area (Å²) >= 11 is 0. The van der Waals surface area contributed by atoms with Crippen LogP contribution in [0.15, 0.2) is 0 Å². The molecule has 0 aliphatic carbocycles. The van der Waals surface area contributed by atoms with Gasteiger partial charge in [-0.25, -0.2) is 9.78 Å². The molecule has 0 spiro atoms. The van der Waals surface area contributed by atoms with Crippen LogP contribution in [0.1, 0.15) is 65.7 Å². The van der Waals surface area contributed by atoms with Crippen molar-refractivity contribution in [1.82, 2.24) is 0 Å². The summed E-state index contributed by atoms with van der Waals surface area (Å²) in [7, 11) is 1.64. The Morgan fingerprint density at radius 1 is 1.16 bits per heavy atom. The van der Waals surface area contributed by atoms with Crippen molar-refractivity contribution < 1.29 is 19.6 Å². The number of hydrogen-bond acceptors (Lipinski definition) is 4. The quantitative estimate of drug-likeness (QED) is 0.689. The molecule has 0 radical (unpaired) electrons. The molecule has 1 aliphatic rings. The standard InChI is InChI=1S/C15H30O4/c1-5-7-9-14(3)11-13(12-16)15(17-4,19-18-14)10-8-6-2/h13,16H,5-12H2,1-4H3/t13-,14+,15-/m1/s1. The fraction of sp³-hybridized carbons (Fsp3) is 1.00. The van der Waals surface area contributed by atoms with Crippen molar-refractivity contribution in [2.45, 2.75) is 77.1 Å². The molecule has 1 fully saturated rings. The van der Waals surface area contributed by atoms with Crippen LogP contribution in [0.4, 0.5) is 0 Å². The van der Waals surface area contributed by atoms with Gasteiger partial charge in [-0.05, 0) is 26.2 Å². The van der Waals surface area contributed by atoms with Crippen LogP contribution in [0.3, 0.4) is 0 Å². The van der Waals surface area contributed by atoms with Crippen molar-refractivity contribution in [1.29, 1.82) is 0 Å². The van der Waals surface area contributed by atoms with Crippen LogP contribution in [0.2, 0.25) is 0 Å². The molecule has 0 bridgehead atoms. The Bertz CT molecular complexity index is 259. The molecule has 4 heteroatoms. The molecule has 0 aromatic rings. The number of methoxy groups -OCH3 is 1. The number of hydrogen-bond donors (Lipinski definition) is 1. The zero-order valence-corrected chi connectivity index (χ0v) is 12.9. The van der Waals surface area contributed by atoms with Crippen molar-refractivity contribution in [2.24, 2.45) is 5.92 Å². The zero-order valence-electron chi connectivity index (χ0n) is 12.9. The first-order valence-corrected chi connectivity index (χ1v) is 7.58. The average Bonchev–Trinajstić information content (AvgIpc) is 2.44. The average molecular weight is 274 g/mol. The Labute approximate surface area is 117 Å². The van der Waals surface area contributed by atoms with Gasteiger partial charge in [0.25, 0.3) is 0 Å². The minimum atomic E-state index is -0.781. The van der Waals surface area contributed by atoms with E-state index in [1.165, 1.54) is 0 Å². The lowest BCUT2D eigenvalue weighted by atomic mass is 9.81. The summed E-state index contributed by atoms with van der Waals surface area (Å²) in [5.74, 6) is -0.809. The van der Waals surface area contributed by atoms with Crippen molar-refractivity contribution in [2.75, 3.05) is 13.7 Å². The number of ether oxygens (including phenoxy) is 1. The molecular weight excluding hydrogens is 244 g/mol. The first-order chi connectivity index (χ1) is 9.05. The maximum atomic E-state index is 9.70. The van der Waals surface area contributed by atoms with Gasteiger partial charge >= 0.3 is 0 Å². The lowest BCUT2D eigenvalue weighted by molar-refractivity contribution is -0.505. The summed E-state index contributed by atoms with van der Waals surface area (Å²) in [6.07, 6.45) is 6.80. The molecule has 4 nitrogen and oxygen atoms in total. The molecule has 0 amide bonds. The summed E-state index contributed by atoms with van der Waals surface area (Å²) in [5.41, 5.74) is -0.308. The van der Waals surface area contributed by atoms with E-state index < -0.39 is 5.79 Å². The Hall–Kier alpha value is -0.160. The number of unbranched alkanes of at least 4 members (excludes halogenated alkanes) is 2. The van der Waals surface area contributed by atoms with E-state index in [4.69, 9.17) is 14.5 Å². The van der Waals surface area contributed by atoms with E-state index in [0.29, 0.717) is 0 Å². The van der Waals surface area contributed by atoms with Gasteiger partial charge in [-0.1, -0.05) is 33.1 Å². The Morgan fingerprint density at radius 2 is 1.79 bits per heavy atom. The van der Waals surface area contributed by atoms with Crippen LogP contribution in [0, 0.1) is 5.92 Å². The van der Waals surface area contributed by atoms with E-state index in [2.05, 4.69) is 20.8 Å². The fourth-order valence-electron chi connectivity index (χ4n) is 2.82. The molecule has 1 N–H and O–H groups in total. The van der Waals surface area contributed by atoms with Crippen molar-refractivity contribution in [3.8, 4) is 0 Å². The third kappa shape index (κ3) is 4.15. The second-order valence-corrected chi connectivity index (χ2v) is 5.92. The van der Waals surface area contributed by atoms with Gasteiger partial charge in [-0.15, -0.1) is 0 Å². The Kier molecular flexibility index (Phi) is 6.74. The van der Waals surface area contributed by atoms with Gasteiger partial charge in [-0.2, -0.15) is 0 Å². The topological polar surface area (TPSA) is 47.9 Å². The Balaban J connectivity index is 2.72. The lowest BCUT2D eigenvalue weighted by Crippen LogP contribution is -2.54. The van der Waals surface area contributed by atoms with Crippen LogP contribution in [0.5, 0.6) is 0 Å². The highest BCUT2D eigenvalue weighted by molar-refractivity contribution is 4.89. The van der Waals surface area contributed by atoms with Gasteiger partial charge in [0.15, 0.2) is 0 Å². The molecule has 114 valence electrons.